The van der Waals surface area contributed by atoms with Crippen LogP contribution in [-0.2, 0) is 0 Å². The van der Waals surface area contributed by atoms with E-state index >= 15 is 0 Å². The van der Waals surface area contributed by atoms with Crippen LogP contribution in [0.3, 0.4) is 0 Å². The van der Waals surface area contributed by atoms with E-state index in [9.17, 15) is 5.26 Å². The van der Waals surface area contributed by atoms with Crippen LogP contribution in [0, 0.1) is 25.2 Å². The molecule has 0 unspecified atom stereocenters. The number of hydrogen-bond acceptors (Lipinski definition) is 6. The first-order chi connectivity index (χ1) is 12.6. The minimum Gasteiger partial charge on any atom is -0.495 e. The molecule has 0 atom stereocenters. The van der Waals surface area contributed by atoms with Crippen LogP contribution < -0.4 is 15.4 Å². The molecular weight excluding hydrogens is 326 g/mol. The maximum Gasteiger partial charge on any atom is 0.229 e. The molecule has 6 heteroatoms. The lowest BCUT2D eigenvalue weighted by molar-refractivity contribution is 0.416. The van der Waals surface area contributed by atoms with Gasteiger partial charge in [0.2, 0.25) is 5.95 Å². The maximum atomic E-state index is 9.23. The summed E-state index contributed by atoms with van der Waals surface area (Å²) in [6.07, 6.45) is 0. The highest BCUT2D eigenvalue weighted by molar-refractivity contribution is 5.67. The van der Waals surface area contributed by atoms with Crippen LogP contribution >= 0.6 is 0 Å². The molecule has 130 valence electrons. The average molecular weight is 345 g/mol. The lowest BCUT2D eigenvalue weighted by atomic mass is 10.2. The van der Waals surface area contributed by atoms with Crippen molar-refractivity contribution in [3.05, 3.63) is 65.4 Å². The second-order valence-electron chi connectivity index (χ2n) is 5.83. The van der Waals surface area contributed by atoms with Crippen LogP contribution in [0.4, 0.5) is 23.1 Å². The quantitative estimate of drug-likeness (QED) is 0.710. The van der Waals surface area contributed by atoms with Crippen LogP contribution in [0.25, 0.3) is 0 Å². The molecule has 0 bridgehead atoms. The summed E-state index contributed by atoms with van der Waals surface area (Å²) in [5, 5.41) is 15.6. The molecule has 1 aromatic heterocycles. The Bertz CT molecular complexity index is 978. The van der Waals surface area contributed by atoms with Crippen LogP contribution in [0.2, 0.25) is 0 Å². The molecule has 0 amide bonds. The first-order valence-electron chi connectivity index (χ1n) is 8.12. The van der Waals surface area contributed by atoms with Crippen LogP contribution in [-0.4, -0.2) is 17.1 Å². The molecule has 3 aromatic rings. The summed E-state index contributed by atoms with van der Waals surface area (Å²) < 4.78 is 5.40. The van der Waals surface area contributed by atoms with Crippen LogP contribution in [0.5, 0.6) is 5.75 Å². The molecule has 0 saturated carbocycles. The van der Waals surface area contributed by atoms with Gasteiger partial charge in [-0.05, 0) is 43.7 Å². The molecule has 2 aromatic carbocycles. The van der Waals surface area contributed by atoms with E-state index in [1.807, 2.05) is 56.3 Å². The number of aromatic nitrogens is 2. The fraction of sp³-hybridized carbons (Fsp3) is 0.150. The monoisotopic (exact) mass is 345 g/mol. The van der Waals surface area contributed by atoms with E-state index in [0.717, 1.165) is 22.7 Å². The lowest BCUT2D eigenvalue weighted by Crippen LogP contribution is -2.04. The van der Waals surface area contributed by atoms with Crippen molar-refractivity contribution in [2.45, 2.75) is 13.8 Å². The number of aryl methyl sites for hydroxylation is 2. The largest absolute Gasteiger partial charge is 0.495 e. The highest BCUT2D eigenvalue weighted by Crippen LogP contribution is 2.28. The van der Waals surface area contributed by atoms with Crippen molar-refractivity contribution in [3.8, 4) is 11.8 Å². The molecule has 2 N–H and O–H groups in total. The summed E-state index contributed by atoms with van der Waals surface area (Å²) >= 11 is 0. The third kappa shape index (κ3) is 3.90. The molecule has 0 fully saturated rings. The highest BCUT2D eigenvalue weighted by Gasteiger charge is 2.09. The zero-order chi connectivity index (χ0) is 18.5. The summed E-state index contributed by atoms with van der Waals surface area (Å²) in [6, 6.07) is 17.1. The average Bonchev–Trinajstić information content (AvgIpc) is 2.62. The normalized spacial score (nSPS) is 10.1. The molecule has 0 radical (unpaired) electrons. The van der Waals surface area contributed by atoms with Gasteiger partial charge < -0.3 is 15.4 Å². The summed E-state index contributed by atoms with van der Waals surface area (Å²) in [5.41, 5.74) is 3.94. The maximum absolute atomic E-state index is 9.23. The van der Waals surface area contributed by atoms with Crippen molar-refractivity contribution < 1.29 is 4.74 Å². The van der Waals surface area contributed by atoms with E-state index < -0.39 is 0 Å². The molecular formula is C20H19N5O. The minimum atomic E-state index is 0.418. The first kappa shape index (κ1) is 17.2. The van der Waals surface area contributed by atoms with Crippen molar-refractivity contribution in [1.82, 2.24) is 9.97 Å². The number of nitrogens with zero attached hydrogens (tertiary/aromatic N) is 3. The SMILES string of the molecule is COc1ccc(C)cc1Nc1cc(C)nc(Nc2ccccc2C#N)n1. The van der Waals surface area contributed by atoms with E-state index in [-0.39, 0.29) is 0 Å². The molecule has 6 nitrogen and oxygen atoms in total. The number of para-hydroxylation sites is 1. The Balaban J connectivity index is 1.91. The second-order valence-corrected chi connectivity index (χ2v) is 5.83. The summed E-state index contributed by atoms with van der Waals surface area (Å²) in [4.78, 5) is 8.91. The zero-order valence-electron chi connectivity index (χ0n) is 14.9. The van der Waals surface area contributed by atoms with Gasteiger partial charge in [0, 0.05) is 11.8 Å². The van der Waals surface area contributed by atoms with Gasteiger partial charge in [0.15, 0.2) is 0 Å². The third-order valence-electron chi connectivity index (χ3n) is 3.77. The Morgan fingerprint density at radius 2 is 1.77 bits per heavy atom. The van der Waals surface area contributed by atoms with Gasteiger partial charge in [-0.15, -0.1) is 0 Å². The summed E-state index contributed by atoms with van der Waals surface area (Å²) in [6.45, 7) is 3.91. The number of methoxy groups -OCH3 is 1. The van der Waals surface area contributed by atoms with Crippen molar-refractivity contribution in [1.29, 1.82) is 5.26 Å². The number of hydrogen-bond donors (Lipinski definition) is 2. The Morgan fingerprint density at radius 1 is 0.962 bits per heavy atom. The predicted molar refractivity (Wildman–Crippen MR) is 102 cm³/mol. The van der Waals surface area contributed by atoms with E-state index in [2.05, 4.69) is 26.7 Å². The van der Waals surface area contributed by atoms with Gasteiger partial charge >= 0.3 is 0 Å². The molecule has 0 aliphatic carbocycles. The smallest absolute Gasteiger partial charge is 0.229 e. The number of rotatable bonds is 5. The Hall–Kier alpha value is -3.59. The number of nitriles is 1. The van der Waals surface area contributed by atoms with Crippen molar-refractivity contribution in [3.63, 3.8) is 0 Å². The molecule has 0 aliphatic heterocycles. The number of nitrogens with one attached hydrogen (secondary N) is 2. The minimum absolute atomic E-state index is 0.418. The predicted octanol–water partition coefficient (Wildman–Crippen LogP) is 4.46. The van der Waals surface area contributed by atoms with E-state index in [4.69, 9.17) is 4.74 Å². The summed E-state index contributed by atoms with van der Waals surface area (Å²) in [5.74, 6) is 1.79. The number of ether oxygens (including phenoxy) is 1. The van der Waals surface area contributed by atoms with E-state index in [1.165, 1.54) is 0 Å². The Labute approximate surface area is 152 Å². The van der Waals surface area contributed by atoms with E-state index in [0.29, 0.717) is 23.0 Å². The van der Waals surface area contributed by atoms with Crippen molar-refractivity contribution in [2.24, 2.45) is 0 Å². The van der Waals surface area contributed by atoms with Crippen LogP contribution in [0.1, 0.15) is 16.8 Å². The molecule has 3 rings (SSSR count). The number of benzene rings is 2. The molecule has 26 heavy (non-hydrogen) atoms. The van der Waals surface area contributed by atoms with Gasteiger partial charge in [0.1, 0.15) is 17.6 Å². The van der Waals surface area contributed by atoms with Gasteiger partial charge in [-0.25, -0.2) is 4.98 Å². The molecule has 0 aliphatic rings. The van der Waals surface area contributed by atoms with Gasteiger partial charge in [0.05, 0.1) is 24.0 Å². The third-order valence-corrected chi connectivity index (χ3v) is 3.77. The van der Waals surface area contributed by atoms with Crippen LogP contribution in [0.15, 0.2) is 48.5 Å². The summed E-state index contributed by atoms with van der Waals surface area (Å²) in [7, 11) is 1.63. The lowest BCUT2D eigenvalue weighted by Gasteiger charge is -2.13. The molecule has 0 spiro atoms. The topological polar surface area (TPSA) is 82.9 Å². The Morgan fingerprint density at radius 3 is 2.54 bits per heavy atom. The van der Waals surface area contributed by atoms with E-state index in [1.54, 1.807) is 13.2 Å². The molecule has 1 heterocycles. The van der Waals surface area contributed by atoms with Gasteiger partial charge in [-0.2, -0.15) is 10.2 Å². The van der Waals surface area contributed by atoms with Gasteiger partial charge in [-0.3, -0.25) is 0 Å². The second kappa shape index (κ2) is 7.53. The fourth-order valence-corrected chi connectivity index (χ4v) is 2.56. The van der Waals surface area contributed by atoms with Gasteiger partial charge in [-0.1, -0.05) is 18.2 Å². The Kier molecular flexibility index (Phi) is 4.99. The highest BCUT2D eigenvalue weighted by atomic mass is 16.5. The first-order valence-corrected chi connectivity index (χ1v) is 8.12. The fourth-order valence-electron chi connectivity index (χ4n) is 2.56. The molecule has 0 saturated heterocycles. The van der Waals surface area contributed by atoms with Gasteiger partial charge in [0.25, 0.3) is 0 Å². The zero-order valence-corrected chi connectivity index (χ0v) is 14.9. The van der Waals surface area contributed by atoms with Crippen molar-refractivity contribution >= 4 is 23.1 Å². The number of anilines is 4. The standard InChI is InChI=1S/C20H19N5O/c1-13-8-9-18(26-3)17(10-13)23-19-11-14(2)22-20(25-19)24-16-7-5-4-6-15(16)12-21/h4-11H,1-3H3,(H2,22,23,24,25). The van der Waals surface area contributed by atoms with Crippen molar-refractivity contribution in [2.75, 3.05) is 17.7 Å².